The van der Waals surface area contributed by atoms with Crippen molar-refractivity contribution in [3.05, 3.63) is 34.9 Å². The van der Waals surface area contributed by atoms with Crippen molar-refractivity contribution in [2.45, 2.75) is 51.7 Å². The van der Waals surface area contributed by atoms with Crippen molar-refractivity contribution in [1.29, 1.82) is 0 Å². The van der Waals surface area contributed by atoms with Gasteiger partial charge in [0.2, 0.25) is 0 Å². The Labute approximate surface area is 104 Å². The fraction of sp³-hybridized carbons (Fsp3) is 0.600. The predicted octanol–water partition coefficient (Wildman–Crippen LogP) is 2.70. The van der Waals surface area contributed by atoms with Gasteiger partial charge in [-0.15, -0.1) is 0 Å². The summed E-state index contributed by atoms with van der Waals surface area (Å²) in [5, 5.41) is 13.6. The van der Waals surface area contributed by atoms with E-state index in [0.717, 1.165) is 25.9 Å². The normalized spacial score (nSPS) is 18.5. The van der Waals surface area contributed by atoms with Crippen molar-refractivity contribution in [3.8, 4) is 0 Å². The largest absolute Gasteiger partial charge is 0.389 e. The number of rotatable bonds is 4. The zero-order valence-electron chi connectivity index (χ0n) is 10.9. The minimum atomic E-state index is -0.446. The van der Waals surface area contributed by atoms with Crippen LogP contribution in [0.3, 0.4) is 0 Å². The molecule has 1 aromatic rings. The van der Waals surface area contributed by atoms with Crippen LogP contribution in [0.15, 0.2) is 18.2 Å². The van der Waals surface area contributed by atoms with Crippen molar-refractivity contribution >= 4 is 0 Å². The minimum Gasteiger partial charge on any atom is -0.389 e. The van der Waals surface area contributed by atoms with Gasteiger partial charge in [-0.05, 0) is 32.3 Å². The first-order valence-corrected chi connectivity index (χ1v) is 6.58. The van der Waals surface area contributed by atoms with Crippen LogP contribution in [0.1, 0.15) is 42.4 Å². The molecule has 0 spiro atoms. The number of aryl methyl sites for hydroxylation is 2. The maximum Gasteiger partial charge on any atom is 0.0771 e. The van der Waals surface area contributed by atoms with Gasteiger partial charge in [-0.25, -0.2) is 0 Å². The Balaban J connectivity index is 1.85. The number of benzene rings is 1. The van der Waals surface area contributed by atoms with E-state index in [1.807, 2.05) is 0 Å². The summed E-state index contributed by atoms with van der Waals surface area (Å²) in [7, 11) is 0. The molecule has 0 aliphatic heterocycles. The van der Waals surface area contributed by atoms with Gasteiger partial charge in [0.1, 0.15) is 0 Å². The SMILES string of the molecule is Cc1cc(C)cc(CNCC2(O)CCCC2)c1. The maximum absolute atomic E-state index is 10.2. The van der Waals surface area contributed by atoms with Crippen LogP contribution in [0.2, 0.25) is 0 Å². The van der Waals surface area contributed by atoms with Crippen molar-refractivity contribution in [2.24, 2.45) is 0 Å². The van der Waals surface area contributed by atoms with E-state index >= 15 is 0 Å². The lowest BCUT2D eigenvalue weighted by molar-refractivity contribution is 0.0475. The summed E-state index contributed by atoms with van der Waals surface area (Å²) in [6, 6.07) is 6.60. The predicted molar refractivity (Wildman–Crippen MR) is 71.0 cm³/mol. The highest BCUT2D eigenvalue weighted by atomic mass is 16.3. The van der Waals surface area contributed by atoms with Gasteiger partial charge in [0.05, 0.1) is 5.60 Å². The molecule has 1 aromatic carbocycles. The van der Waals surface area contributed by atoms with Crippen LogP contribution in [0.25, 0.3) is 0 Å². The van der Waals surface area contributed by atoms with Crippen LogP contribution in [-0.2, 0) is 6.54 Å². The summed E-state index contributed by atoms with van der Waals surface area (Å²) < 4.78 is 0. The van der Waals surface area contributed by atoms with E-state index in [9.17, 15) is 5.11 Å². The molecule has 2 N–H and O–H groups in total. The Bertz CT molecular complexity index is 360. The van der Waals surface area contributed by atoms with Gasteiger partial charge in [0, 0.05) is 13.1 Å². The lowest BCUT2D eigenvalue weighted by Crippen LogP contribution is -2.37. The maximum atomic E-state index is 10.2. The first-order chi connectivity index (χ1) is 8.07. The van der Waals surface area contributed by atoms with E-state index in [1.165, 1.54) is 29.5 Å². The first-order valence-electron chi connectivity index (χ1n) is 6.58. The van der Waals surface area contributed by atoms with Crippen molar-refractivity contribution in [3.63, 3.8) is 0 Å². The average Bonchev–Trinajstić information content (AvgIpc) is 2.64. The lowest BCUT2D eigenvalue weighted by atomic mass is 10.0. The van der Waals surface area contributed by atoms with E-state index in [0.29, 0.717) is 0 Å². The molecule has 0 atom stereocenters. The van der Waals surface area contributed by atoms with E-state index in [-0.39, 0.29) is 0 Å². The second-order valence-electron chi connectivity index (χ2n) is 5.53. The molecule has 2 nitrogen and oxygen atoms in total. The lowest BCUT2D eigenvalue weighted by Gasteiger charge is -2.22. The Morgan fingerprint density at radius 3 is 2.29 bits per heavy atom. The van der Waals surface area contributed by atoms with Gasteiger partial charge in [-0.1, -0.05) is 42.2 Å². The van der Waals surface area contributed by atoms with Gasteiger partial charge in [0.15, 0.2) is 0 Å². The highest BCUT2D eigenvalue weighted by Crippen LogP contribution is 2.28. The monoisotopic (exact) mass is 233 g/mol. The molecule has 1 aliphatic rings. The van der Waals surface area contributed by atoms with Gasteiger partial charge < -0.3 is 10.4 Å². The Morgan fingerprint density at radius 1 is 1.12 bits per heavy atom. The third-order valence-corrected chi connectivity index (χ3v) is 3.60. The van der Waals surface area contributed by atoms with Crippen LogP contribution in [0.5, 0.6) is 0 Å². The van der Waals surface area contributed by atoms with Crippen LogP contribution < -0.4 is 5.32 Å². The van der Waals surface area contributed by atoms with Crippen molar-refractivity contribution < 1.29 is 5.11 Å². The molecule has 1 saturated carbocycles. The quantitative estimate of drug-likeness (QED) is 0.838. The molecule has 1 fully saturated rings. The number of hydrogen-bond acceptors (Lipinski definition) is 2. The van der Waals surface area contributed by atoms with Crippen molar-refractivity contribution in [2.75, 3.05) is 6.54 Å². The van der Waals surface area contributed by atoms with E-state index in [1.54, 1.807) is 0 Å². The van der Waals surface area contributed by atoms with E-state index < -0.39 is 5.60 Å². The molecule has 17 heavy (non-hydrogen) atoms. The molecule has 0 heterocycles. The number of nitrogens with one attached hydrogen (secondary N) is 1. The Hall–Kier alpha value is -0.860. The highest BCUT2D eigenvalue weighted by molar-refractivity contribution is 5.28. The minimum absolute atomic E-state index is 0.446. The Morgan fingerprint density at radius 2 is 1.71 bits per heavy atom. The van der Waals surface area contributed by atoms with Gasteiger partial charge in [-0.3, -0.25) is 0 Å². The molecule has 0 aromatic heterocycles. The highest BCUT2D eigenvalue weighted by Gasteiger charge is 2.30. The molecule has 0 saturated heterocycles. The molecule has 94 valence electrons. The van der Waals surface area contributed by atoms with E-state index in [4.69, 9.17) is 0 Å². The summed E-state index contributed by atoms with van der Waals surface area (Å²) in [6.07, 6.45) is 4.24. The smallest absolute Gasteiger partial charge is 0.0771 e. The summed E-state index contributed by atoms with van der Waals surface area (Å²) >= 11 is 0. The zero-order valence-corrected chi connectivity index (χ0v) is 10.9. The molecule has 2 heteroatoms. The second kappa shape index (κ2) is 5.19. The molecular formula is C15H23NO. The topological polar surface area (TPSA) is 32.3 Å². The first kappa shape index (κ1) is 12.6. The molecule has 1 aliphatic carbocycles. The molecule has 0 radical (unpaired) electrons. The molecule has 0 unspecified atom stereocenters. The van der Waals surface area contributed by atoms with E-state index in [2.05, 4.69) is 37.4 Å². The third kappa shape index (κ3) is 3.55. The standard InChI is InChI=1S/C15H23NO/c1-12-7-13(2)9-14(8-12)10-16-11-15(17)5-3-4-6-15/h7-9,16-17H,3-6,10-11H2,1-2H3. The molecule has 0 amide bonds. The molecule has 0 bridgehead atoms. The fourth-order valence-corrected chi connectivity index (χ4v) is 2.82. The summed E-state index contributed by atoms with van der Waals surface area (Å²) in [6.45, 7) is 5.83. The molecular weight excluding hydrogens is 210 g/mol. The van der Waals surface area contributed by atoms with Crippen LogP contribution in [-0.4, -0.2) is 17.3 Å². The molecule has 2 rings (SSSR count). The Kier molecular flexibility index (Phi) is 3.85. The summed E-state index contributed by atoms with van der Waals surface area (Å²) in [5.41, 5.74) is 3.48. The van der Waals surface area contributed by atoms with Crippen LogP contribution in [0, 0.1) is 13.8 Å². The number of hydrogen-bond donors (Lipinski definition) is 2. The van der Waals surface area contributed by atoms with Gasteiger partial charge in [-0.2, -0.15) is 0 Å². The zero-order chi connectivity index (χ0) is 12.3. The number of aliphatic hydroxyl groups is 1. The average molecular weight is 233 g/mol. The van der Waals surface area contributed by atoms with Gasteiger partial charge >= 0.3 is 0 Å². The van der Waals surface area contributed by atoms with Crippen LogP contribution in [0.4, 0.5) is 0 Å². The van der Waals surface area contributed by atoms with Gasteiger partial charge in [0.25, 0.3) is 0 Å². The second-order valence-corrected chi connectivity index (χ2v) is 5.53. The third-order valence-electron chi connectivity index (χ3n) is 3.60. The summed E-state index contributed by atoms with van der Waals surface area (Å²) in [5.74, 6) is 0. The summed E-state index contributed by atoms with van der Waals surface area (Å²) in [4.78, 5) is 0. The van der Waals surface area contributed by atoms with Crippen LogP contribution >= 0.6 is 0 Å². The fourth-order valence-electron chi connectivity index (χ4n) is 2.82. The van der Waals surface area contributed by atoms with Crippen molar-refractivity contribution in [1.82, 2.24) is 5.32 Å².